The summed E-state index contributed by atoms with van der Waals surface area (Å²) in [6, 6.07) is 7.21. The summed E-state index contributed by atoms with van der Waals surface area (Å²) in [5, 5.41) is 6.35. The predicted molar refractivity (Wildman–Crippen MR) is 89.1 cm³/mol. The van der Waals surface area contributed by atoms with Crippen LogP contribution in [-0.4, -0.2) is 23.8 Å². The van der Waals surface area contributed by atoms with Gasteiger partial charge in [-0.3, -0.25) is 9.59 Å². The first-order chi connectivity index (χ1) is 10.5. The summed E-state index contributed by atoms with van der Waals surface area (Å²) in [5.74, 6) is 0.617. The van der Waals surface area contributed by atoms with Crippen molar-refractivity contribution in [2.75, 3.05) is 5.32 Å². The Bertz CT molecular complexity index is 524. The van der Waals surface area contributed by atoms with Crippen LogP contribution in [0.3, 0.4) is 0 Å². The van der Waals surface area contributed by atoms with Crippen molar-refractivity contribution in [1.82, 2.24) is 5.32 Å². The number of Topliss-reactive ketones (excluding diaryl/α,β-unsaturated/α-hetero) is 1. The van der Waals surface area contributed by atoms with E-state index < -0.39 is 0 Å². The Balaban J connectivity index is 1.89. The maximum atomic E-state index is 12.3. The van der Waals surface area contributed by atoms with Crippen molar-refractivity contribution in [2.24, 2.45) is 5.92 Å². The summed E-state index contributed by atoms with van der Waals surface area (Å²) in [6.45, 7) is 5.69. The average molecular weight is 302 g/mol. The number of ketones is 1. The van der Waals surface area contributed by atoms with E-state index in [4.69, 9.17) is 0 Å². The van der Waals surface area contributed by atoms with E-state index in [1.54, 1.807) is 24.3 Å². The molecule has 2 rings (SSSR count). The molecule has 2 N–H and O–H groups in total. The molecule has 0 heterocycles. The van der Waals surface area contributed by atoms with Crippen LogP contribution in [0, 0.1) is 5.92 Å². The van der Waals surface area contributed by atoms with Crippen molar-refractivity contribution in [3.8, 4) is 0 Å². The molecule has 0 spiro atoms. The summed E-state index contributed by atoms with van der Waals surface area (Å²) in [6.07, 6.45) is 4.91. The molecule has 1 saturated carbocycles. The van der Waals surface area contributed by atoms with Gasteiger partial charge in [-0.25, -0.2) is 0 Å². The van der Waals surface area contributed by atoms with Crippen LogP contribution in [-0.2, 0) is 4.79 Å². The maximum absolute atomic E-state index is 12.3. The van der Waals surface area contributed by atoms with Crippen molar-refractivity contribution < 1.29 is 9.59 Å². The summed E-state index contributed by atoms with van der Waals surface area (Å²) < 4.78 is 0. The van der Waals surface area contributed by atoms with Gasteiger partial charge in [-0.2, -0.15) is 0 Å². The van der Waals surface area contributed by atoms with Gasteiger partial charge in [0.15, 0.2) is 5.78 Å². The fourth-order valence-corrected chi connectivity index (χ4v) is 3.00. The van der Waals surface area contributed by atoms with Gasteiger partial charge in [0.05, 0.1) is 6.04 Å². The topological polar surface area (TPSA) is 58.2 Å². The van der Waals surface area contributed by atoms with Crippen LogP contribution in [0.15, 0.2) is 24.3 Å². The number of nitrogens with one attached hydrogen (secondary N) is 2. The van der Waals surface area contributed by atoms with Gasteiger partial charge < -0.3 is 10.6 Å². The Morgan fingerprint density at radius 1 is 1.14 bits per heavy atom. The van der Waals surface area contributed by atoms with Crippen molar-refractivity contribution >= 4 is 17.4 Å². The Morgan fingerprint density at radius 2 is 1.77 bits per heavy atom. The van der Waals surface area contributed by atoms with Gasteiger partial charge in [-0.15, -0.1) is 0 Å². The highest BCUT2D eigenvalue weighted by atomic mass is 16.2. The van der Waals surface area contributed by atoms with E-state index in [0.29, 0.717) is 17.5 Å². The van der Waals surface area contributed by atoms with Crippen LogP contribution in [0.2, 0.25) is 0 Å². The lowest BCUT2D eigenvalue weighted by atomic mass is 9.85. The van der Waals surface area contributed by atoms with Crippen molar-refractivity contribution in [1.29, 1.82) is 0 Å². The number of amides is 1. The largest absolute Gasteiger partial charge is 0.325 e. The summed E-state index contributed by atoms with van der Waals surface area (Å²) in [5.41, 5.74) is 1.38. The minimum atomic E-state index is -0.224. The van der Waals surface area contributed by atoms with Gasteiger partial charge in [0.2, 0.25) is 5.91 Å². The highest BCUT2D eigenvalue weighted by Crippen LogP contribution is 2.24. The normalized spacial score (nSPS) is 22.9. The SMILES string of the molecule is CC(=O)c1ccc(NC(=O)[C@H](C)N[C@H]2CCCC[C@H]2C)cc1. The number of benzene rings is 1. The number of anilines is 1. The molecule has 1 aromatic rings. The van der Waals surface area contributed by atoms with Crippen LogP contribution in [0.5, 0.6) is 0 Å². The standard InChI is InChI=1S/C18H26N2O2/c1-12-6-4-5-7-17(12)19-13(2)18(22)20-16-10-8-15(9-11-16)14(3)21/h8-13,17,19H,4-7H2,1-3H3,(H,20,22)/t12-,13+,17+/m1/s1. The van der Waals surface area contributed by atoms with Crippen LogP contribution in [0.4, 0.5) is 5.69 Å². The smallest absolute Gasteiger partial charge is 0.241 e. The molecule has 120 valence electrons. The molecular formula is C18H26N2O2. The zero-order valence-electron chi connectivity index (χ0n) is 13.7. The zero-order chi connectivity index (χ0) is 16.1. The first-order valence-corrected chi connectivity index (χ1v) is 8.15. The minimum Gasteiger partial charge on any atom is -0.325 e. The lowest BCUT2D eigenvalue weighted by Crippen LogP contribution is -2.47. The van der Waals surface area contributed by atoms with Crippen LogP contribution < -0.4 is 10.6 Å². The molecule has 0 aromatic heterocycles. The van der Waals surface area contributed by atoms with Gasteiger partial charge in [0, 0.05) is 17.3 Å². The molecule has 1 aliphatic rings. The van der Waals surface area contributed by atoms with Crippen LogP contribution >= 0.6 is 0 Å². The lowest BCUT2D eigenvalue weighted by Gasteiger charge is -2.31. The van der Waals surface area contributed by atoms with Gasteiger partial charge in [-0.1, -0.05) is 19.8 Å². The molecule has 0 aliphatic heterocycles. The van der Waals surface area contributed by atoms with Crippen LogP contribution in [0.1, 0.15) is 56.8 Å². The van der Waals surface area contributed by atoms with Gasteiger partial charge in [-0.05, 0) is 56.9 Å². The fraction of sp³-hybridized carbons (Fsp3) is 0.556. The first-order valence-electron chi connectivity index (χ1n) is 8.15. The van der Waals surface area contributed by atoms with E-state index in [1.165, 1.54) is 26.2 Å². The number of rotatable bonds is 5. The summed E-state index contributed by atoms with van der Waals surface area (Å²) >= 11 is 0. The summed E-state index contributed by atoms with van der Waals surface area (Å²) in [4.78, 5) is 23.5. The molecule has 0 radical (unpaired) electrons. The quantitative estimate of drug-likeness (QED) is 0.820. The Labute approximate surface area is 132 Å². The third-order valence-corrected chi connectivity index (χ3v) is 4.53. The number of hydrogen-bond donors (Lipinski definition) is 2. The molecule has 0 saturated heterocycles. The van der Waals surface area contributed by atoms with Crippen molar-refractivity contribution in [3.05, 3.63) is 29.8 Å². The average Bonchev–Trinajstić information content (AvgIpc) is 2.50. The molecule has 1 aliphatic carbocycles. The summed E-state index contributed by atoms with van der Waals surface area (Å²) in [7, 11) is 0. The van der Waals surface area contributed by atoms with E-state index in [-0.39, 0.29) is 17.7 Å². The van der Waals surface area contributed by atoms with Crippen molar-refractivity contribution in [2.45, 2.75) is 58.5 Å². The van der Waals surface area contributed by atoms with Gasteiger partial charge in [0.25, 0.3) is 0 Å². The van der Waals surface area contributed by atoms with Gasteiger partial charge in [0.1, 0.15) is 0 Å². The fourth-order valence-electron chi connectivity index (χ4n) is 3.00. The van der Waals surface area contributed by atoms with Crippen LogP contribution in [0.25, 0.3) is 0 Å². The Hall–Kier alpha value is -1.68. The van der Waals surface area contributed by atoms with E-state index in [1.807, 2.05) is 6.92 Å². The molecule has 0 bridgehead atoms. The highest BCUT2D eigenvalue weighted by Gasteiger charge is 2.24. The second-order valence-electron chi connectivity index (χ2n) is 6.38. The Kier molecular flexibility index (Phi) is 5.72. The van der Waals surface area contributed by atoms with E-state index in [9.17, 15) is 9.59 Å². The monoisotopic (exact) mass is 302 g/mol. The molecule has 3 atom stereocenters. The number of hydrogen-bond acceptors (Lipinski definition) is 3. The maximum Gasteiger partial charge on any atom is 0.241 e. The Morgan fingerprint density at radius 3 is 2.36 bits per heavy atom. The first kappa shape index (κ1) is 16.7. The van der Waals surface area contributed by atoms with E-state index in [0.717, 1.165) is 12.1 Å². The molecule has 0 unspecified atom stereocenters. The second-order valence-corrected chi connectivity index (χ2v) is 6.38. The molecule has 1 amide bonds. The molecule has 4 nitrogen and oxygen atoms in total. The lowest BCUT2D eigenvalue weighted by molar-refractivity contribution is -0.118. The predicted octanol–water partition coefficient (Wildman–Crippen LogP) is 3.38. The molecule has 22 heavy (non-hydrogen) atoms. The third-order valence-electron chi connectivity index (χ3n) is 4.53. The van der Waals surface area contributed by atoms with E-state index >= 15 is 0 Å². The molecule has 1 fully saturated rings. The van der Waals surface area contributed by atoms with Gasteiger partial charge >= 0.3 is 0 Å². The minimum absolute atomic E-state index is 0.0270. The molecule has 4 heteroatoms. The molecule has 1 aromatic carbocycles. The number of carbonyl (C=O) groups is 2. The van der Waals surface area contributed by atoms with E-state index in [2.05, 4.69) is 17.6 Å². The third kappa shape index (κ3) is 4.41. The molecular weight excluding hydrogens is 276 g/mol. The highest BCUT2D eigenvalue weighted by molar-refractivity contribution is 5.96. The second kappa shape index (κ2) is 7.54. The zero-order valence-corrected chi connectivity index (χ0v) is 13.7. The van der Waals surface area contributed by atoms with Crippen molar-refractivity contribution in [3.63, 3.8) is 0 Å². The number of carbonyl (C=O) groups excluding carboxylic acids is 2.